The Labute approximate surface area is 136 Å². The molecule has 2 atom stereocenters. The monoisotopic (exact) mass is 324 g/mol. The van der Waals surface area contributed by atoms with Crippen molar-refractivity contribution in [3.05, 3.63) is 29.8 Å². The lowest BCUT2D eigenvalue weighted by Gasteiger charge is -2.26. The summed E-state index contributed by atoms with van der Waals surface area (Å²) in [5.74, 6) is -0.119. The average Bonchev–Trinajstić information content (AvgIpc) is 2.49. The molecule has 3 N–H and O–H groups in total. The van der Waals surface area contributed by atoms with Crippen molar-refractivity contribution in [1.29, 1.82) is 0 Å². The summed E-state index contributed by atoms with van der Waals surface area (Å²) in [7, 11) is 2.72. The molecule has 0 saturated heterocycles. The summed E-state index contributed by atoms with van der Waals surface area (Å²) >= 11 is 0. The SMILES string of the molecule is COC(=O)C(NC(=O)NC(C)(C)C)C(O)c1ccc(OC)cc1. The number of urea groups is 1. The van der Waals surface area contributed by atoms with Gasteiger partial charge in [0.15, 0.2) is 6.04 Å². The van der Waals surface area contributed by atoms with Crippen molar-refractivity contribution in [2.75, 3.05) is 14.2 Å². The first-order valence-corrected chi connectivity index (χ1v) is 7.16. The summed E-state index contributed by atoms with van der Waals surface area (Å²) in [6, 6.07) is 4.74. The van der Waals surface area contributed by atoms with Crippen molar-refractivity contribution in [2.24, 2.45) is 0 Å². The van der Waals surface area contributed by atoms with Gasteiger partial charge in [-0.3, -0.25) is 0 Å². The fourth-order valence-electron chi connectivity index (χ4n) is 1.91. The highest BCUT2D eigenvalue weighted by Gasteiger charge is 2.31. The molecule has 0 bridgehead atoms. The number of esters is 1. The highest BCUT2D eigenvalue weighted by molar-refractivity contribution is 5.84. The van der Waals surface area contributed by atoms with Crippen LogP contribution >= 0.6 is 0 Å². The number of carbonyl (C=O) groups is 2. The van der Waals surface area contributed by atoms with Gasteiger partial charge in [-0.15, -0.1) is 0 Å². The molecule has 0 saturated carbocycles. The van der Waals surface area contributed by atoms with Gasteiger partial charge in [0, 0.05) is 5.54 Å². The lowest BCUT2D eigenvalue weighted by molar-refractivity contribution is -0.146. The smallest absolute Gasteiger partial charge is 0.331 e. The molecule has 0 heterocycles. The topological polar surface area (TPSA) is 96.9 Å². The van der Waals surface area contributed by atoms with Crippen molar-refractivity contribution < 1.29 is 24.2 Å². The Morgan fingerprint density at radius 2 is 1.70 bits per heavy atom. The first-order chi connectivity index (χ1) is 10.7. The molecule has 7 nitrogen and oxygen atoms in total. The van der Waals surface area contributed by atoms with Gasteiger partial charge in [-0.1, -0.05) is 12.1 Å². The summed E-state index contributed by atoms with van der Waals surface area (Å²) < 4.78 is 9.71. The van der Waals surface area contributed by atoms with Gasteiger partial charge in [0.1, 0.15) is 11.9 Å². The van der Waals surface area contributed by atoms with E-state index in [1.165, 1.54) is 14.2 Å². The van der Waals surface area contributed by atoms with Crippen molar-refractivity contribution in [3.8, 4) is 5.75 Å². The number of carbonyl (C=O) groups excluding carboxylic acids is 2. The Morgan fingerprint density at radius 3 is 2.13 bits per heavy atom. The van der Waals surface area contributed by atoms with Gasteiger partial charge in [0.05, 0.1) is 14.2 Å². The summed E-state index contributed by atoms with van der Waals surface area (Å²) in [5.41, 5.74) is -0.0206. The fourth-order valence-corrected chi connectivity index (χ4v) is 1.91. The van der Waals surface area contributed by atoms with Crippen LogP contribution in [0.25, 0.3) is 0 Å². The minimum absolute atomic E-state index is 0.456. The number of aliphatic hydroxyl groups excluding tert-OH is 1. The Hall–Kier alpha value is -2.28. The Bertz CT molecular complexity index is 536. The lowest BCUT2D eigenvalue weighted by atomic mass is 10.0. The molecule has 0 aromatic heterocycles. The van der Waals surface area contributed by atoms with E-state index in [0.717, 1.165) is 0 Å². The minimum atomic E-state index is -1.25. The third-order valence-electron chi connectivity index (χ3n) is 3.00. The van der Waals surface area contributed by atoms with E-state index >= 15 is 0 Å². The van der Waals surface area contributed by atoms with Crippen molar-refractivity contribution in [2.45, 2.75) is 38.5 Å². The van der Waals surface area contributed by atoms with Gasteiger partial charge in [-0.2, -0.15) is 0 Å². The van der Waals surface area contributed by atoms with Crippen LogP contribution in [-0.4, -0.2) is 42.9 Å². The van der Waals surface area contributed by atoms with E-state index < -0.39 is 29.7 Å². The van der Waals surface area contributed by atoms with Crippen LogP contribution in [0.2, 0.25) is 0 Å². The van der Waals surface area contributed by atoms with Crippen molar-refractivity contribution in [1.82, 2.24) is 10.6 Å². The fraction of sp³-hybridized carbons (Fsp3) is 0.500. The van der Waals surface area contributed by atoms with Gasteiger partial charge in [-0.05, 0) is 38.5 Å². The van der Waals surface area contributed by atoms with Gasteiger partial charge < -0.3 is 25.2 Å². The number of hydrogen-bond acceptors (Lipinski definition) is 5. The number of hydrogen-bond donors (Lipinski definition) is 3. The predicted octanol–water partition coefficient (Wildman–Crippen LogP) is 1.37. The van der Waals surface area contributed by atoms with Crippen molar-refractivity contribution in [3.63, 3.8) is 0 Å². The second-order valence-electron chi connectivity index (χ2n) is 6.07. The molecular formula is C16H24N2O5. The summed E-state index contributed by atoms with van der Waals surface area (Å²) in [5, 5.41) is 15.5. The Morgan fingerprint density at radius 1 is 1.13 bits per heavy atom. The van der Waals surface area contributed by atoms with Crippen LogP contribution in [0.4, 0.5) is 4.79 Å². The lowest BCUT2D eigenvalue weighted by Crippen LogP contribution is -2.53. The number of methoxy groups -OCH3 is 2. The van der Waals surface area contributed by atoms with E-state index in [1.807, 2.05) is 0 Å². The molecule has 0 aliphatic heterocycles. The zero-order valence-electron chi connectivity index (χ0n) is 14.0. The van der Waals surface area contributed by atoms with Crippen LogP contribution in [0.1, 0.15) is 32.4 Å². The molecular weight excluding hydrogens is 300 g/mol. The molecule has 23 heavy (non-hydrogen) atoms. The number of aliphatic hydroxyl groups is 1. The molecule has 1 aromatic rings. The standard InChI is InChI=1S/C16H24N2O5/c1-16(2,3)18-15(21)17-12(14(20)23-5)13(19)10-6-8-11(22-4)9-7-10/h6-9,12-13,19H,1-5H3,(H2,17,18,21). The maximum atomic E-state index is 12.0. The predicted molar refractivity (Wildman–Crippen MR) is 85.2 cm³/mol. The van der Waals surface area contributed by atoms with Crippen LogP contribution in [-0.2, 0) is 9.53 Å². The second-order valence-corrected chi connectivity index (χ2v) is 6.07. The molecule has 128 valence electrons. The molecule has 2 amide bonds. The summed E-state index contributed by atoms with van der Waals surface area (Å²) in [6.45, 7) is 5.42. The normalized spacial score (nSPS) is 13.7. The van der Waals surface area contributed by atoms with E-state index in [-0.39, 0.29) is 0 Å². The largest absolute Gasteiger partial charge is 0.497 e. The maximum Gasteiger partial charge on any atom is 0.331 e. The number of rotatable bonds is 5. The van der Waals surface area contributed by atoms with Crippen LogP contribution in [0.15, 0.2) is 24.3 Å². The van der Waals surface area contributed by atoms with Crippen LogP contribution < -0.4 is 15.4 Å². The highest BCUT2D eigenvalue weighted by atomic mass is 16.5. The first kappa shape index (κ1) is 18.8. The number of amides is 2. The van der Waals surface area contributed by atoms with Gasteiger partial charge in [-0.25, -0.2) is 9.59 Å². The molecule has 1 rings (SSSR count). The first-order valence-electron chi connectivity index (χ1n) is 7.16. The number of nitrogens with one attached hydrogen (secondary N) is 2. The third kappa shape index (κ3) is 5.78. The van der Waals surface area contributed by atoms with Gasteiger partial charge in [0.25, 0.3) is 0 Å². The van der Waals surface area contributed by atoms with Gasteiger partial charge in [0.2, 0.25) is 0 Å². The molecule has 1 aromatic carbocycles. The average molecular weight is 324 g/mol. The van der Waals surface area contributed by atoms with E-state index in [1.54, 1.807) is 45.0 Å². The van der Waals surface area contributed by atoms with Crippen LogP contribution in [0.3, 0.4) is 0 Å². The molecule has 2 unspecified atom stereocenters. The van der Waals surface area contributed by atoms with E-state index in [2.05, 4.69) is 15.4 Å². The molecule has 0 aliphatic carbocycles. The number of ether oxygens (including phenoxy) is 2. The number of benzene rings is 1. The quantitative estimate of drug-likeness (QED) is 0.711. The highest BCUT2D eigenvalue weighted by Crippen LogP contribution is 2.21. The third-order valence-corrected chi connectivity index (χ3v) is 3.00. The van der Waals surface area contributed by atoms with E-state index in [9.17, 15) is 14.7 Å². The molecule has 0 radical (unpaired) electrons. The van der Waals surface area contributed by atoms with Gasteiger partial charge >= 0.3 is 12.0 Å². The zero-order chi connectivity index (χ0) is 17.6. The van der Waals surface area contributed by atoms with Crippen LogP contribution in [0.5, 0.6) is 5.75 Å². The molecule has 0 spiro atoms. The molecule has 7 heteroatoms. The molecule has 0 aliphatic rings. The Kier molecular flexibility index (Phi) is 6.38. The Balaban J connectivity index is 2.91. The zero-order valence-corrected chi connectivity index (χ0v) is 14.0. The maximum absolute atomic E-state index is 12.0. The summed E-state index contributed by atoms with van der Waals surface area (Å²) in [6.07, 6.45) is -1.25. The van der Waals surface area contributed by atoms with Crippen LogP contribution in [0, 0.1) is 0 Å². The van der Waals surface area contributed by atoms with Crippen molar-refractivity contribution >= 4 is 12.0 Å². The minimum Gasteiger partial charge on any atom is -0.497 e. The van der Waals surface area contributed by atoms with E-state index in [0.29, 0.717) is 11.3 Å². The molecule has 0 fully saturated rings. The second kappa shape index (κ2) is 7.82. The summed E-state index contributed by atoms with van der Waals surface area (Å²) in [4.78, 5) is 23.9. The van der Waals surface area contributed by atoms with E-state index in [4.69, 9.17) is 4.74 Å².